The molecule has 0 radical (unpaired) electrons. The van der Waals surface area contributed by atoms with Crippen molar-refractivity contribution in [3.05, 3.63) is 30.3 Å². The van der Waals surface area contributed by atoms with Gasteiger partial charge in [-0.05, 0) is 45.7 Å². The Morgan fingerprint density at radius 1 is 1.14 bits per heavy atom. The minimum Gasteiger partial charge on any atom is -0.484 e. The SMILES string of the molecule is CC(C)(C)N1CC(C(=O)NC2CCN(C(=O)COc3ccccc3)CC2)CC1=O. The predicted octanol–water partition coefficient (Wildman–Crippen LogP) is 1.82. The molecule has 29 heavy (non-hydrogen) atoms. The van der Waals surface area contributed by atoms with E-state index in [1.54, 1.807) is 9.80 Å². The Kier molecular flexibility index (Phi) is 6.45. The van der Waals surface area contributed by atoms with Gasteiger partial charge in [0.05, 0.1) is 5.92 Å². The number of hydrogen-bond donors (Lipinski definition) is 1. The Balaban J connectivity index is 1.41. The van der Waals surface area contributed by atoms with Crippen LogP contribution in [-0.4, -0.2) is 65.3 Å². The van der Waals surface area contributed by atoms with Crippen LogP contribution in [0.1, 0.15) is 40.0 Å². The number of amides is 3. The second-order valence-corrected chi connectivity index (χ2v) is 8.84. The van der Waals surface area contributed by atoms with Crippen LogP contribution in [-0.2, 0) is 14.4 Å². The predicted molar refractivity (Wildman–Crippen MR) is 109 cm³/mol. The van der Waals surface area contributed by atoms with Gasteiger partial charge >= 0.3 is 0 Å². The summed E-state index contributed by atoms with van der Waals surface area (Å²) in [4.78, 5) is 40.7. The van der Waals surface area contributed by atoms with Gasteiger partial charge in [-0.2, -0.15) is 0 Å². The first-order valence-corrected chi connectivity index (χ1v) is 10.3. The largest absolute Gasteiger partial charge is 0.484 e. The van der Waals surface area contributed by atoms with Gasteiger partial charge in [-0.15, -0.1) is 0 Å². The van der Waals surface area contributed by atoms with Crippen LogP contribution >= 0.6 is 0 Å². The summed E-state index contributed by atoms with van der Waals surface area (Å²) in [5.41, 5.74) is -0.264. The summed E-state index contributed by atoms with van der Waals surface area (Å²) in [6.45, 7) is 7.65. The average molecular weight is 402 g/mol. The van der Waals surface area contributed by atoms with E-state index in [0.29, 0.717) is 38.2 Å². The maximum atomic E-state index is 12.6. The third kappa shape index (κ3) is 5.49. The number of piperidine rings is 1. The molecule has 1 aromatic carbocycles. The van der Waals surface area contributed by atoms with E-state index >= 15 is 0 Å². The van der Waals surface area contributed by atoms with E-state index in [9.17, 15) is 14.4 Å². The molecular weight excluding hydrogens is 370 g/mol. The highest BCUT2D eigenvalue weighted by atomic mass is 16.5. The fourth-order valence-electron chi connectivity index (χ4n) is 3.88. The molecule has 2 heterocycles. The molecule has 3 amide bonds. The van der Waals surface area contributed by atoms with Crippen molar-refractivity contribution in [1.29, 1.82) is 0 Å². The normalized spacial score (nSPS) is 20.7. The van der Waals surface area contributed by atoms with Crippen molar-refractivity contribution in [2.75, 3.05) is 26.2 Å². The quantitative estimate of drug-likeness (QED) is 0.816. The van der Waals surface area contributed by atoms with Gasteiger partial charge in [0, 0.05) is 37.6 Å². The number of nitrogens with one attached hydrogen (secondary N) is 1. The summed E-state index contributed by atoms with van der Waals surface area (Å²) in [6.07, 6.45) is 1.70. The number of nitrogens with zero attached hydrogens (tertiary/aromatic N) is 2. The Labute approximate surface area is 172 Å². The second kappa shape index (κ2) is 8.84. The summed E-state index contributed by atoms with van der Waals surface area (Å²) >= 11 is 0. The number of carbonyl (C=O) groups is 3. The Bertz CT molecular complexity index is 736. The summed E-state index contributed by atoms with van der Waals surface area (Å²) in [5, 5.41) is 3.08. The summed E-state index contributed by atoms with van der Waals surface area (Å²) < 4.78 is 5.53. The highest BCUT2D eigenvalue weighted by Gasteiger charge is 2.40. The summed E-state index contributed by atoms with van der Waals surface area (Å²) in [7, 11) is 0. The highest BCUT2D eigenvalue weighted by Crippen LogP contribution is 2.26. The van der Waals surface area contributed by atoms with Gasteiger partial charge in [-0.3, -0.25) is 14.4 Å². The van der Waals surface area contributed by atoms with E-state index in [4.69, 9.17) is 4.74 Å². The van der Waals surface area contributed by atoms with Crippen molar-refractivity contribution in [2.24, 2.45) is 5.92 Å². The van der Waals surface area contributed by atoms with Crippen LogP contribution in [0.25, 0.3) is 0 Å². The zero-order valence-corrected chi connectivity index (χ0v) is 17.5. The minimum atomic E-state index is -0.291. The standard InChI is InChI=1S/C22H31N3O4/c1-22(2,3)25-14-16(13-19(25)26)21(28)23-17-9-11-24(12-10-17)20(27)15-29-18-7-5-4-6-8-18/h4-8,16-17H,9-15H2,1-3H3,(H,23,28). The molecule has 7 nitrogen and oxygen atoms in total. The average Bonchev–Trinajstić information content (AvgIpc) is 3.10. The summed E-state index contributed by atoms with van der Waals surface area (Å²) in [6, 6.07) is 9.32. The molecule has 1 unspecified atom stereocenters. The van der Waals surface area contributed by atoms with E-state index in [1.165, 1.54) is 0 Å². The molecule has 2 fully saturated rings. The molecular formula is C22H31N3O4. The first kappa shape index (κ1) is 21.1. The molecule has 0 aromatic heterocycles. The number of rotatable bonds is 5. The van der Waals surface area contributed by atoms with Crippen molar-refractivity contribution >= 4 is 17.7 Å². The third-order valence-corrected chi connectivity index (χ3v) is 5.61. The number of carbonyl (C=O) groups excluding carboxylic acids is 3. The van der Waals surface area contributed by atoms with Gasteiger partial charge in [0.25, 0.3) is 5.91 Å². The van der Waals surface area contributed by atoms with E-state index in [2.05, 4.69) is 5.32 Å². The van der Waals surface area contributed by atoms with E-state index < -0.39 is 0 Å². The molecule has 1 atom stereocenters. The maximum absolute atomic E-state index is 12.6. The van der Waals surface area contributed by atoms with Crippen LogP contribution in [0.15, 0.2) is 30.3 Å². The molecule has 2 aliphatic heterocycles. The molecule has 3 rings (SSSR count). The number of hydrogen-bond acceptors (Lipinski definition) is 4. The smallest absolute Gasteiger partial charge is 0.260 e. The van der Waals surface area contributed by atoms with E-state index in [-0.39, 0.29) is 48.2 Å². The fourth-order valence-corrected chi connectivity index (χ4v) is 3.88. The Morgan fingerprint density at radius 2 is 1.79 bits per heavy atom. The van der Waals surface area contributed by atoms with Gasteiger partial charge in [-0.25, -0.2) is 0 Å². The molecule has 2 aliphatic rings. The highest BCUT2D eigenvalue weighted by molar-refractivity contribution is 5.89. The van der Waals surface area contributed by atoms with Crippen molar-refractivity contribution in [3.63, 3.8) is 0 Å². The minimum absolute atomic E-state index is 0.0217. The van der Waals surface area contributed by atoms with E-state index in [0.717, 1.165) is 0 Å². The van der Waals surface area contributed by atoms with Crippen LogP contribution in [0.4, 0.5) is 0 Å². The van der Waals surface area contributed by atoms with Crippen molar-refractivity contribution < 1.29 is 19.1 Å². The first-order chi connectivity index (χ1) is 13.7. The van der Waals surface area contributed by atoms with Crippen molar-refractivity contribution in [2.45, 2.75) is 51.6 Å². The van der Waals surface area contributed by atoms with E-state index in [1.807, 2.05) is 51.1 Å². The molecule has 7 heteroatoms. The lowest BCUT2D eigenvalue weighted by atomic mass is 10.0. The lowest BCUT2D eigenvalue weighted by molar-refractivity contribution is -0.135. The molecule has 1 aromatic rings. The zero-order valence-electron chi connectivity index (χ0n) is 17.5. The lowest BCUT2D eigenvalue weighted by Gasteiger charge is -2.33. The van der Waals surface area contributed by atoms with Crippen LogP contribution in [0.2, 0.25) is 0 Å². The van der Waals surface area contributed by atoms with Gasteiger partial charge in [0.2, 0.25) is 11.8 Å². The molecule has 0 saturated carbocycles. The molecule has 0 spiro atoms. The lowest BCUT2D eigenvalue weighted by Crippen LogP contribution is -2.49. The summed E-state index contributed by atoms with van der Waals surface area (Å²) in [5.74, 6) is 0.332. The third-order valence-electron chi connectivity index (χ3n) is 5.61. The number of para-hydroxylation sites is 1. The van der Waals surface area contributed by atoms with Crippen molar-refractivity contribution in [1.82, 2.24) is 15.1 Å². The maximum Gasteiger partial charge on any atom is 0.260 e. The number of benzene rings is 1. The van der Waals surface area contributed by atoms with Gasteiger partial charge in [-0.1, -0.05) is 18.2 Å². The van der Waals surface area contributed by atoms with Gasteiger partial charge in [0.1, 0.15) is 5.75 Å². The molecule has 0 aliphatic carbocycles. The van der Waals surface area contributed by atoms with Crippen molar-refractivity contribution in [3.8, 4) is 5.75 Å². The molecule has 1 N–H and O–H groups in total. The topological polar surface area (TPSA) is 79.0 Å². The molecule has 2 saturated heterocycles. The zero-order chi connectivity index (χ0) is 21.0. The second-order valence-electron chi connectivity index (χ2n) is 8.84. The number of ether oxygens (including phenoxy) is 1. The van der Waals surface area contributed by atoms with Gasteiger partial charge in [0.15, 0.2) is 6.61 Å². The Morgan fingerprint density at radius 3 is 2.38 bits per heavy atom. The number of likely N-dealkylation sites (tertiary alicyclic amines) is 2. The first-order valence-electron chi connectivity index (χ1n) is 10.3. The van der Waals surface area contributed by atoms with Crippen LogP contribution in [0.5, 0.6) is 5.75 Å². The molecule has 158 valence electrons. The Hall–Kier alpha value is -2.57. The van der Waals surface area contributed by atoms with Crippen LogP contribution in [0, 0.1) is 5.92 Å². The van der Waals surface area contributed by atoms with Crippen LogP contribution < -0.4 is 10.1 Å². The monoisotopic (exact) mass is 401 g/mol. The van der Waals surface area contributed by atoms with Gasteiger partial charge < -0.3 is 19.9 Å². The molecule has 0 bridgehead atoms. The van der Waals surface area contributed by atoms with Crippen LogP contribution in [0.3, 0.4) is 0 Å². The fraction of sp³-hybridized carbons (Fsp3) is 0.591.